The number of rotatable bonds is 6. The molecule has 2 aromatic carbocycles. The molecule has 0 aromatic heterocycles. The summed E-state index contributed by atoms with van der Waals surface area (Å²) in [6.45, 7) is 0. The molecule has 134 valence electrons. The maximum absolute atomic E-state index is 12.7. The molecule has 1 amide bonds. The Morgan fingerprint density at radius 2 is 1.88 bits per heavy atom. The average molecular weight is 371 g/mol. The molecule has 0 saturated carbocycles. The number of halogens is 3. The summed E-state index contributed by atoms with van der Waals surface area (Å²) in [5.74, 6) is -0.371. The molecule has 2 rings (SSSR count). The van der Waals surface area contributed by atoms with Gasteiger partial charge in [-0.15, -0.1) is 0 Å². The molecule has 0 aliphatic carbocycles. The Balaban J connectivity index is 1.94. The van der Waals surface area contributed by atoms with Gasteiger partial charge in [0.15, 0.2) is 0 Å². The van der Waals surface area contributed by atoms with Gasteiger partial charge in [0, 0.05) is 28.3 Å². The van der Waals surface area contributed by atoms with Crippen LogP contribution < -0.4 is 10.1 Å². The van der Waals surface area contributed by atoms with Crippen LogP contribution in [0.15, 0.2) is 48.5 Å². The maximum atomic E-state index is 12.7. The van der Waals surface area contributed by atoms with Gasteiger partial charge in [-0.25, -0.2) is 0 Å². The summed E-state index contributed by atoms with van der Waals surface area (Å²) < 4.78 is 55.1. The van der Waals surface area contributed by atoms with E-state index < -0.39 is 28.4 Å². The van der Waals surface area contributed by atoms with Crippen molar-refractivity contribution in [1.82, 2.24) is 0 Å². The molecule has 0 aliphatic heterocycles. The summed E-state index contributed by atoms with van der Waals surface area (Å²) in [7, 11) is -0.136. The number of hydrogen-bond acceptors (Lipinski definition) is 3. The van der Waals surface area contributed by atoms with E-state index in [0.717, 1.165) is 12.1 Å². The standard InChI is InChI=1S/C17H16F3NO3S/c1-24-15-7-3-6-14(9-15)21-16(22)11-25(23)10-12-4-2-5-13(8-12)17(18,19)20/h2-9H,10-11H2,1H3,(H,21,22). The molecule has 0 heterocycles. The summed E-state index contributed by atoms with van der Waals surface area (Å²) >= 11 is 0. The van der Waals surface area contributed by atoms with E-state index in [9.17, 15) is 22.2 Å². The van der Waals surface area contributed by atoms with Gasteiger partial charge in [-0.05, 0) is 23.8 Å². The Bertz CT molecular complexity index is 778. The van der Waals surface area contributed by atoms with Crippen molar-refractivity contribution >= 4 is 22.4 Å². The summed E-state index contributed by atoms with van der Waals surface area (Å²) in [6, 6.07) is 11.2. The minimum absolute atomic E-state index is 0.130. The minimum atomic E-state index is -4.46. The van der Waals surface area contributed by atoms with Crippen molar-refractivity contribution in [2.45, 2.75) is 11.9 Å². The molecule has 0 aliphatic rings. The van der Waals surface area contributed by atoms with E-state index in [1.807, 2.05) is 0 Å². The molecule has 2 aromatic rings. The van der Waals surface area contributed by atoms with Crippen LogP contribution in [-0.4, -0.2) is 23.0 Å². The van der Waals surface area contributed by atoms with Crippen molar-refractivity contribution in [3.8, 4) is 5.75 Å². The lowest BCUT2D eigenvalue weighted by molar-refractivity contribution is -0.137. The van der Waals surface area contributed by atoms with E-state index in [1.165, 1.54) is 19.2 Å². The minimum Gasteiger partial charge on any atom is -0.497 e. The Morgan fingerprint density at radius 1 is 1.16 bits per heavy atom. The second-order valence-electron chi connectivity index (χ2n) is 5.21. The van der Waals surface area contributed by atoms with Crippen molar-refractivity contribution in [3.05, 3.63) is 59.7 Å². The first-order valence-electron chi connectivity index (χ1n) is 7.23. The molecule has 1 N–H and O–H groups in total. The van der Waals surface area contributed by atoms with Crippen LogP contribution in [-0.2, 0) is 27.5 Å². The third kappa shape index (κ3) is 5.90. The lowest BCUT2D eigenvalue weighted by Crippen LogP contribution is -2.20. The lowest BCUT2D eigenvalue weighted by Gasteiger charge is -2.09. The zero-order valence-corrected chi connectivity index (χ0v) is 14.1. The number of hydrogen-bond donors (Lipinski definition) is 1. The van der Waals surface area contributed by atoms with Crippen molar-refractivity contribution in [1.29, 1.82) is 0 Å². The number of carbonyl (C=O) groups excluding carboxylic acids is 1. The van der Waals surface area contributed by atoms with E-state index in [1.54, 1.807) is 24.3 Å². The summed E-state index contributed by atoms with van der Waals surface area (Å²) in [5, 5.41) is 2.58. The van der Waals surface area contributed by atoms with Gasteiger partial charge in [0.05, 0.1) is 12.7 Å². The highest BCUT2D eigenvalue weighted by Crippen LogP contribution is 2.29. The van der Waals surface area contributed by atoms with Gasteiger partial charge in [0.25, 0.3) is 0 Å². The Morgan fingerprint density at radius 3 is 2.56 bits per heavy atom. The molecule has 0 radical (unpaired) electrons. The number of methoxy groups -OCH3 is 1. The van der Waals surface area contributed by atoms with Gasteiger partial charge in [-0.2, -0.15) is 13.2 Å². The quantitative estimate of drug-likeness (QED) is 0.844. The van der Waals surface area contributed by atoms with Crippen LogP contribution in [0.25, 0.3) is 0 Å². The first-order valence-corrected chi connectivity index (χ1v) is 8.72. The summed E-state index contributed by atoms with van der Waals surface area (Å²) in [4.78, 5) is 11.9. The van der Waals surface area contributed by atoms with E-state index in [4.69, 9.17) is 4.74 Å². The van der Waals surface area contributed by atoms with Crippen LogP contribution in [0.4, 0.5) is 18.9 Å². The first kappa shape index (κ1) is 19.0. The van der Waals surface area contributed by atoms with Gasteiger partial charge in [0.1, 0.15) is 11.5 Å². The smallest absolute Gasteiger partial charge is 0.416 e. The molecule has 1 atom stereocenters. The van der Waals surface area contributed by atoms with E-state index in [-0.39, 0.29) is 17.1 Å². The Labute approximate surface area is 145 Å². The fourth-order valence-corrected chi connectivity index (χ4v) is 3.14. The second kappa shape index (κ2) is 8.15. The molecule has 1 unspecified atom stereocenters. The molecule has 0 fully saturated rings. The highest BCUT2D eigenvalue weighted by Gasteiger charge is 2.30. The van der Waals surface area contributed by atoms with Gasteiger partial charge >= 0.3 is 6.18 Å². The number of benzene rings is 2. The van der Waals surface area contributed by atoms with Crippen LogP contribution >= 0.6 is 0 Å². The number of ether oxygens (including phenoxy) is 1. The normalized spacial score (nSPS) is 12.5. The van der Waals surface area contributed by atoms with E-state index in [2.05, 4.69) is 5.32 Å². The average Bonchev–Trinajstić information content (AvgIpc) is 2.54. The number of amides is 1. The topological polar surface area (TPSA) is 55.4 Å². The third-order valence-electron chi connectivity index (χ3n) is 3.23. The fraction of sp³-hybridized carbons (Fsp3) is 0.235. The maximum Gasteiger partial charge on any atom is 0.416 e. The Hall–Kier alpha value is -2.35. The molecule has 4 nitrogen and oxygen atoms in total. The SMILES string of the molecule is COc1cccc(NC(=O)CS(=O)Cc2cccc(C(F)(F)F)c2)c1. The van der Waals surface area contributed by atoms with Crippen LogP contribution in [0, 0.1) is 0 Å². The molecule has 25 heavy (non-hydrogen) atoms. The highest BCUT2D eigenvalue weighted by molar-refractivity contribution is 7.84. The van der Waals surface area contributed by atoms with Crippen molar-refractivity contribution in [2.24, 2.45) is 0 Å². The van der Waals surface area contributed by atoms with Crippen LogP contribution in [0.3, 0.4) is 0 Å². The predicted octanol–water partition coefficient (Wildman–Crippen LogP) is 3.60. The molecule has 0 spiro atoms. The summed E-state index contributed by atoms with van der Waals surface area (Å²) in [6.07, 6.45) is -4.46. The number of carbonyl (C=O) groups is 1. The number of anilines is 1. The van der Waals surface area contributed by atoms with Gasteiger partial charge in [-0.1, -0.05) is 24.3 Å². The van der Waals surface area contributed by atoms with Crippen molar-refractivity contribution in [2.75, 3.05) is 18.2 Å². The summed E-state index contributed by atoms with van der Waals surface area (Å²) in [5.41, 5.74) is -0.0504. The first-order chi connectivity index (χ1) is 11.8. The zero-order valence-electron chi connectivity index (χ0n) is 13.3. The van der Waals surface area contributed by atoms with Gasteiger partial charge in [0.2, 0.25) is 5.91 Å². The third-order valence-corrected chi connectivity index (χ3v) is 4.47. The zero-order chi connectivity index (χ0) is 18.4. The molecule has 0 saturated heterocycles. The number of nitrogens with one attached hydrogen (secondary N) is 1. The fourth-order valence-electron chi connectivity index (χ4n) is 2.12. The van der Waals surface area contributed by atoms with E-state index >= 15 is 0 Å². The predicted molar refractivity (Wildman–Crippen MR) is 89.8 cm³/mol. The van der Waals surface area contributed by atoms with Gasteiger partial charge in [-0.3, -0.25) is 9.00 Å². The molecular formula is C17H16F3NO3S. The van der Waals surface area contributed by atoms with Crippen LogP contribution in [0.5, 0.6) is 5.75 Å². The monoisotopic (exact) mass is 371 g/mol. The van der Waals surface area contributed by atoms with Crippen LogP contribution in [0.1, 0.15) is 11.1 Å². The molecular weight excluding hydrogens is 355 g/mol. The van der Waals surface area contributed by atoms with E-state index in [0.29, 0.717) is 11.4 Å². The highest BCUT2D eigenvalue weighted by atomic mass is 32.2. The lowest BCUT2D eigenvalue weighted by atomic mass is 10.1. The van der Waals surface area contributed by atoms with Crippen molar-refractivity contribution in [3.63, 3.8) is 0 Å². The molecule has 8 heteroatoms. The second-order valence-corrected chi connectivity index (χ2v) is 6.66. The molecule has 0 bridgehead atoms. The largest absolute Gasteiger partial charge is 0.497 e. The van der Waals surface area contributed by atoms with Gasteiger partial charge < -0.3 is 10.1 Å². The number of alkyl halides is 3. The van der Waals surface area contributed by atoms with Crippen molar-refractivity contribution < 1.29 is 26.9 Å². The Kier molecular flexibility index (Phi) is 6.19. The van der Waals surface area contributed by atoms with Crippen LogP contribution in [0.2, 0.25) is 0 Å².